The smallest absolute Gasteiger partial charge is 0.209 e. The third-order valence-electron chi connectivity index (χ3n) is 3.31. The minimum atomic E-state index is -3.21. The highest BCUT2D eigenvalue weighted by Crippen LogP contribution is 2.24. The Balaban J connectivity index is 2.11. The van der Waals surface area contributed by atoms with Crippen LogP contribution in [-0.2, 0) is 9.84 Å². The molecule has 1 aromatic heterocycles. The van der Waals surface area contributed by atoms with Crippen LogP contribution in [-0.4, -0.2) is 35.7 Å². The largest absolute Gasteiger partial charge is 0.224 e. The Morgan fingerprint density at radius 1 is 1.00 bits per heavy atom. The minimum Gasteiger partial charge on any atom is -0.224 e. The number of nitrogens with zero attached hydrogens (tertiary/aromatic N) is 3. The first-order valence-corrected chi connectivity index (χ1v) is 9.97. The standard InChI is InChI=1S/C16H15N3O2S2/c1-22-16-17-15(12-6-4-3-5-7-12)19(18-16)13-8-10-14(11-9-13)23(2,20)21/h3-11H,1-2H3. The maximum absolute atomic E-state index is 11.6. The molecule has 0 amide bonds. The molecule has 0 saturated carbocycles. The summed E-state index contributed by atoms with van der Waals surface area (Å²) in [5, 5.41) is 5.15. The summed E-state index contributed by atoms with van der Waals surface area (Å²) < 4.78 is 24.9. The van der Waals surface area contributed by atoms with Crippen molar-refractivity contribution in [3.63, 3.8) is 0 Å². The van der Waals surface area contributed by atoms with Crippen molar-refractivity contribution < 1.29 is 8.42 Å². The van der Waals surface area contributed by atoms with Crippen LogP contribution in [0.15, 0.2) is 64.6 Å². The lowest BCUT2D eigenvalue weighted by atomic mass is 10.2. The van der Waals surface area contributed by atoms with Crippen molar-refractivity contribution in [2.45, 2.75) is 10.1 Å². The maximum atomic E-state index is 11.6. The van der Waals surface area contributed by atoms with E-state index in [2.05, 4.69) is 10.1 Å². The fourth-order valence-electron chi connectivity index (χ4n) is 2.17. The Morgan fingerprint density at radius 3 is 2.22 bits per heavy atom. The lowest BCUT2D eigenvalue weighted by Crippen LogP contribution is -2.01. The Bertz CT molecular complexity index is 918. The van der Waals surface area contributed by atoms with Crippen LogP contribution in [0.5, 0.6) is 0 Å². The van der Waals surface area contributed by atoms with Gasteiger partial charge >= 0.3 is 0 Å². The van der Waals surface area contributed by atoms with Crippen LogP contribution in [0.25, 0.3) is 17.1 Å². The fraction of sp³-hybridized carbons (Fsp3) is 0.125. The lowest BCUT2D eigenvalue weighted by Gasteiger charge is -2.06. The number of hydrogen-bond acceptors (Lipinski definition) is 5. The molecule has 7 heteroatoms. The summed E-state index contributed by atoms with van der Waals surface area (Å²) in [4.78, 5) is 4.83. The van der Waals surface area contributed by atoms with Crippen molar-refractivity contribution in [1.29, 1.82) is 0 Å². The van der Waals surface area contributed by atoms with E-state index >= 15 is 0 Å². The summed E-state index contributed by atoms with van der Waals surface area (Å²) in [6.07, 6.45) is 3.11. The van der Waals surface area contributed by atoms with Crippen molar-refractivity contribution in [3.05, 3.63) is 54.6 Å². The average Bonchev–Trinajstić information content (AvgIpc) is 2.99. The van der Waals surface area contributed by atoms with Gasteiger partial charge < -0.3 is 0 Å². The molecule has 0 saturated heterocycles. The van der Waals surface area contributed by atoms with Gasteiger partial charge in [-0.15, -0.1) is 5.10 Å². The van der Waals surface area contributed by atoms with Crippen LogP contribution in [0.1, 0.15) is 0 Å². The predicted molar refractivity (Wildman–Crippen MR) is 91.7 cm³/mol. The van der Waals surface area contributed by atoms with Gasteiger partial charge in [0.2, 0.25) is 5.16 Å². The predicted octanol–water partition coefficient (Wildman–Crippen LogP) is 3.06. The molecule has 2 aromatic carbocycles. The van der Waals surface area contributed by atoms with E-state index in [1.165, 1.54) is 18.0 Å². The van der Waals surface area contributed by atoms with Crippen molar-refractivity contribution in [3.8, 4) is 17.1 Å². The average molecular weight is 345 g/mol. The molecule has 0 aliphatic carbocycles. The quantitative estimate of drug-likeness (QED) is 0.680. The Labute approximate surface area is 139 Å². The van der Waals surface area contributed by atoms with E-state index in [9.17, 15) is 8.42 Å². The van der Waals surface area contributed by atoms with Crippen LogP contribution in [0, 0.1) is 0 Å². The first-order chi connectivity index (χ1) is 11.0. The van der Waals surface area contributed by atoms with E-state index in [0.29, 0.717) is 5.16 Å². The van der Waals surface area contributed by atoms with Crippen molar-refractivity contribution >= 4 is 21.6 Å². The van der Waals surface area contributed by atoms with Gasteiger partial charge in [0, 0.05) is 11.8 Å². The monoisotopic (exact) mass is 345 g/mol. The lowest BCUT2D eigenvalue weighted by molar-refractivity contribution is 0.602. The molecular formula is C16H15N3O2S2. The second kappa shape index (κ2) is 6.17. The zero-order chi connectivity index (χ0) is 16.4. The van der Waals surface area contributed by atoms with Crippen LogP contribution in [0.4, 0.5) is 0 Å². The first kappa shape index (κ1) is 15.8. The second-order valence-electron chi connectivity index (χ2n) is 4.97. The van der Waals surface area contributed by atoms with Crippen molar-refractivity contribution in [2.24, 2.45) is 0 Å². The molecule has 0 bridgehead atoms. The Morgan fingerprint density at radius 2 is 1.65 bits per heavy atom. The molecule has 3 aromatic rings. The molecule has 0 unspecified atom stereocenters. The normalized spacial score (nSPS) is 11.6. The molecule has 0 spiro atoms. The summed E-state index contributed by atoms with van der Waals surface area (Å²) >= 11 is 1.46. The summed E-state index contributed by atoms with van der Waals surface area (Å²) in [6, 6.07) is 16.4. The maximum Gasteiger partial charge on any atom is 0.209 e. The number of hydrogen-bond donors (Lipinski definition) is 0. The van der Waals surface area contributed by atoms with E-state index in [-0.39, 0.29) is 4.90 Å². The topological polar surface area (TPSA) is 64.8 Å². The number of rotatable bonds is 4. The molecule has 0 atom stereocenters. The van der Waals surface area contributed by atoms with Gasteiger partial charge in [0.25, 0.3) is 0 Å². The van der Waals surface area contributed by atoms with E-state index in [0.717, 1.165) is 17.1 Å². The van der Waals surface area contributed by atoms with E-state index < -0.39 is 9.84 Å². The van der Waals surface area contributed by atoms with Crippen LogP contribution in [0.3, 0.4) is 0 Å². The summed E-state index contributed by atoms with van der Waals surface area (Å²) in [6.45, 7) is 0. The SMILES string of the molecule is CSc1nc(-c2ccccc2)n(-c2ccc(S(C)(=O)=O)cc2)n1. The third kappa shape index (κ3) is 3.30. The molecule has 0 radical (unpaired) electrons. The second-order valence-corrected chi connectivity index (χ2v) is 7.76. The van der Waals surface area contributed by atoms with Crippen LogP contribution in [0.2, 0.25) is 0 Å². The molecule has 23 heavy (non-hydrogen) atoms. The third-order valence-corrected chi connectivity index (χ3v) is 4.98. The van der Waals surface area contributed by atoms with Gasteiger partial charge in [-0.05, 0) is 30.5 Å². The zero-order valence-electron chi connectivity index (χ0n) is 12.7. The van der Waals surface area contributed by atoms with Gasteiger partial charge in [0.15, 0.2) is 15.7 Å². The molecular weight excluding hydrogens is 330 g/mol. The number of sulfone groups is 1. The van der Waals surface area contributed by atoms with Crippen molar-refractivity contribution in [2.75, 3.05) is 12.5 Å². The number of thioether (sulfide) groups is 1. The first-order valence-electron chi connectivity index (χ1n) is 6.86. The van der Waals surface area contributed by atoms with Gasteiger partial charge in [0.1, 0.15) is 0 Å². The molecule has 1 heterocycles. The zero-order valence-corrected chi connectivity index (χ0v) is 14.3. The van der Waals surface area contributed by atoms with Gasteiger partial charge in [-0.25, -0.2) is 18.1 Å². The highest BCUT2D eigenvalue weighted by molar-refractivity contribution is 7.98. The van der Waals surface area contributed by atoms with Gasteiger partial charge in [-0.3, -0.25) is 0 Å². The Kier molecular flexibility index (Phi) is 4.23. The molecule has 0 fully saturated rings. The fourth-order valence-corrected chi connectivity index (χ4v) is 3.14. The molecule has 118 valence electrons. The highest BCUT2D eigenvalue weighted by Gasteiger charge is 2.14. The van der Waals surface area contributed by atoms with Crippen LogP contribution >= 0.6 is 11.8 Å². The van der Waals surface area contributed by atoms with Gasteiger partial charge in [-0.2, -0.15) is 0 Å². The Hall–Kier alpha value is -2.12. The number of benzene rings is 2. The molecule has 0 aliphatic rings. The van der Waals surface area contributed by atoms with Gasteiger partial charge in [-0.1, -0.05) is 42.1 Å². The summed E-state index contributed by atoms with van der Waals surface area (Å²) in [5.41, 5.74) is 1.72. The summed E-state index contributed by atoms with van der Waals surface area (Å²) in [7, 11) is -3.21. The van der Waals surface area contributed by atoms with E-state index in [1.807, 2.05) is 36.6 Å². The van der Waals surface area contributed by atoms with Gasteiger partial charge in [0.05, 0.1) is 10.6 Å². The summed E-state index contributed by atoms with van der Waals surface area (Å²) in [5.74, 6) is 0.724. The van der Waals surface area contributed by atoms with E-state index in [1.54, 1.807) is 28.9 Å². The van der Waals surface area contributed by atoms with Crippen molar-refractivity contribution in [1.82, 2.24) is 14.8 Å². The minimum absolute atomic E-state index is 0.285. The van der Waals surface area contributed by atoms with Crippen LogP contribution < -0.4 is 0 Å². The highest BCUT2D eigenvalue weighted by atomic mass is 32.2. The number of aromatic nitrogens is 3. The van der Waals surface area contributed by atoms with E-state index in [4.69, 9.17) is 0 Å². The molecule has 3 rings (SSSR count). The molecule has 0 N–H and O–H groups in total. The molecule has 0 aliphatic heterocycles. The molecule has 5 nitrogen and oxygen atoms in total.